The lowest BCUT2D eigenvalue weighted by Gasteiger charge is -2.19. The van der Waals surface area contributed by atoms with Gasteiger partial charge in [-0.1, -0.05) is 6.07 Å². The summed E-state index contributed by atoms with van der Waals surface area (Å²) in [6, 6.07) is 1.68. The maximum absolute atomic E-state index is 12.8. The van der Waals surface area contributed by atoms with Gasteiger partial charge in [0.05, 0.1) is 23.7 Å². The molecule has 0 aromatic heterocycles. The molecule has 4 nitrogen and oxygen atoms in total. The molecule has 0 spiro atoms. The fourth-order valence-electron chi connectivity index (χ4n) is 1.67. The van der Waals surface area contributed by atoms with Gasteiger partial charge >= 0.3 is 12.4 Å². The van der Waals surface area contributed by atoms with Crippen LogP contribution >= 0.6 is 0 Å². The van der Waals surface area contributed by atoms with Crippen LogP contribution in [0.25, 0.3) is 0 Å². The van der Waals surface area contributed by atoms with Gasteiger partial charge in [0, 0.05) is 0 Å². The van der Waals surface area contributed by atoms with Gasteiger partial charge in [-0.2, -0.15) is 31.6 Å². The van der Waals surface area contributed by atoms with Gasteiger partial charge in [-0.15, -0.1) is 0 Å². The summed E-state index contributed by atoms with van der Waals surface area (Å²) in [7, 11) is 0. The summed E-state index contributed by atoms with van der Waals surface area (Å²) >= 11 is 0. The number of primary amides is 1. The molecule has 0 aliphatic heterocycles. The second kappa shape index (κ2) is 6.23. The van der Waals surface area contributed by atoms with E-state index < -0.39 is 47.5 Å². The van der Waals surface area contributed by atoms with E-state index in [2.05, 4.69) is 0 Å². The molecule has 0 saturated carbocycles. The molecule has 1 atom stereocenters. The van der Waals surface area contributed by atoms with Crippen molar-refractivity contribution in [3.05, 3.63) is 34.9 Å². The van der Waals surface area contributed by atoms with Crippen molar-refractivity contribution < 1.29 is 31.1 Å². The van der Waals surface area contributed by atoms with Crippen LogP contribution in [0.4, 0.5) is 26.3 Å². The fraction of sp³-hybridized carbons (Fsp3) is 0.333. The molecule has 22 heavy (non-hydrogen) atoms. The number of amides is 1. The van der Waals surface area contributed by atoms with E-state index in [1.807, 2.05) is 0 Å². The summed E-state index contributed by atoms with van der Waals surface area (Å²) in [5, 5.41) is 10.4. The van der Waals surface area contributed by atoms with Crippen molar-refractivity contribution in [3.63, 3.8) is 0 Å². The number of nitrogens with one attached hydrogen (secondary N) is 1. The van der Waals surface area contributed by atoms with E-state index in [1.165, 1.54) is 6.07 Å². The van der Waals surface area contributed by atoms with Gasteiger partial charge in [-0.3, -0.25) is 10.1 Å². The van der Waals surface area contributed by atoms with E-state index in [1.54, 1.807) is 5.32 Å². The summed E-state index contributed by atoms with van der Waals surface area (Å²) in [5.41, 5.74) is 2.43. The van der Waals surface area contributed by atoms with Crippen LogP contribution in [-0.4, -0.2) is 18.6 Å². The minimum Gasteiger partial charge on any atom is -0.368 e. The van der Waals surface area contributed by atoms with Gasteiger partial charge in [0.15, 0.2) is 0 Å². The minimum atomic E-state index is -4.90. The summed E-state index contributed by atoms with van der Waals surface area (Å²) in [4.78, 5) is 11.2. The van der Waals surface area contributed by atoms with Crippen LogP contribution < -0.4 is 11.1 Å². The summed E-state index contributed by atoms with van der Waals surface area (Å²) in [5.74, 6) is -1.28. The van der Waals surface area contributed by atoms with Crippen LogP contribution in [0, 0.1) is 11.3 Å². The molecule has 1 unspecified atom stereocenters. The van der Waals surface area contributed by atoms with Crippen LogP contribution in [0.15, 0.2) is 18.2 Å². The van der Waals surface area contributed by atoms with Crippen molar-refractivity contribution in [1.82, 2.24) is 5.32 Å². The quantitative estimate of drug-likeness (QED) is 0.834. The average Bonchev–Trinajstić information content (AvgIpc) is 2.36. The SMILES string of the molecule is N#Cc1ccc(C(NCC(F)(F)F)C(N)=O)cc1C(F)(F)F. The molecule has 3 N–H and O–H groups in total. The van der Waals surface area contributed by atoms with E-state index in [0.717, 1.165) is 12.1 Å². The highest BCUT2D eigenvalue weighted by atomic mass is 19.4. The number of hydrogen-bond acceptors (Lipinski definition) is 3. The molecule has 0 aliphatic rings. The maximum atomic E-state index is 12.8. The number of nitrogens with two attached hydrogens (primary N) is 1. The predicted molar refractivity (Wildman–Crippen MR) is 62.2 cm³/mol. The molecule has 0 radical (unpaired) electrons. The second-order valence-electron chi connectivity index (χ2n) is 4.25. The zero-order valence-corrected chi connectivity index (χ0v) is 10.7. The summed E-state index contributed by atoms with van der Waals surface area (Å²) in [6.45, 7) is -1.61. The molecule has 1 aromatic rings. The van der Waals surface area contributed by atoms with Crippen molar-refractivity contribution in [2.24, 2.45) is 5.73 Å². The Balaban J connectivity index is 3.22. The van der Waals surface area contributed by atoms with Crippen molar-refractivity contribution in [2.75, 3.05) is 6.54 Å². The lowest BCUT2D eigenvalue weighted by molar-refractivity contribution is -0.138. The van der Waals surface area contributed by atoms with E-state index >= 15 is 0 Å². The first kappa shape index (κ1) is 17.8. The van der Waals surface area contributed by atoms with Crippen LogP contribution in [0.5, 0.6) is 0 Å². The zero-order chi connectivity index (χ0) is 17.1. The Bertz CT molecular complexity index is 602. The highest BCUT2D eigenvalue weighted by molar-refractivity contribution is 5.81. The summed E-state index contributed by atoms with van der Waals surface area (Å²) in [6.07, 6.45) is -9.57. The molecular weight excluding hydrogens is 316 g/mol. The summed E-state index contributed by atoms with van der Waals surface area (Å²) < 4.78 is 74.8. The number of nitriles is 1. The van der Waals surface area contributed by atoms with Crippen molar-refractivity contribution >= 4 is 5.91 Å². The van der Waals surface area contributed by atoms with Gasteiger partial charge in [-0.05, 0) is 17.7 Å². The molecule has 0 heterocycles. The highest BCUT2D eigenvalue weighted by Gasteiger charge is 2.35. The first-order valence-electron chi connectivity index (χ1n) is 5.66. The molecular formula is C12H9F6N3O. The molecule has 1 amide bonds. The maximum Gasteiger partial charge on any atom is 0.417 e. The molecule has 0 aliphatic carbocycles. The van der Waals surface area contributed by atoms with Crippen molar-refractivity contribution in [1.29, 1.82) is 5.26 Å². The van der Waals surface area contributed by atoms with Gasteiger partial charge in [0.2, 0.25) is 5.91 Å². The van der Waals surface area contributed by atoms with Crippen LogP contribution in [0.2, 0.25) is 0 Å². The van der Waals surface area contributed by atoms with E-state index in [-0.39, 0.29) is 0 Å². The minimum absolute atomic E-state index is 0.414. The number of hydrogen-bond donors (Lipinski definition) is 2. The smallest absolute Gasteiger partial charge is 0.368 e. The largest absolute Gasteiger partial charge is 0.417 e. The molecule has 0 fully saturated rings. The Kier molecular flexibility index (Phi) is 5.03. The number of halogens is 6. The number of rotatable bonds is 4. The molecule has 0 bridgehead atoms. The number of carbonyl (C=O) groups is 1. The first-order chi connectivity index (χ1) is 9.95. The third-order valence-corrected chi connectivity index (χ3v) is 2.59. The molecule has 1 rings (SSSR count). The fourth-order valence-corrected chi connectivity index (χ4v) is 1.67. The number of alkyl halides is 6. The van der Waals surface area contributed by atoms with Crippen molar-refractivity contribution in [2.45, 2.75) is 18.4 Å². The Labute approximate surface area is 120 Å². The lowest BCUT2D eigenvalue weighted by Crippen LogP contribution is -2.39. The predicted octanol–water partition coefficient (Wildman–Crippen LogP) is 2.26. The van der Waals surface area contributed by atoms with Crippen LogP contribution in [-0.2, 0) is 11.0 Å². The Morgan fingerprint density at radius 2 is 1.86 bits per heavy atom. The Hall–Kier alpha value is -2.28. The first-order valence-corrected chi connectivity index (χ1v) is 5.66. The van der Waals surface area contributed by atoms with Gasteiger partial charge < -0.3 is 5.73 Å². The number of benzene rings is 1. The van der Waals surface area contributed by atoms with Gasteiger partial charge in [-0.25, -0.2) is 0 Å². The highest BCUT2D eigenvalue weighted by Crippen LogP contribution is 2.33. The zero-order valence-electron chi connectivity index (χ0n) is 10.7. The second-order valence-corrected chi connectivity index (χ2v) is 4.25. The Morgan fingerprint density at radius 1 is 1.27 bits per heavy atom. The van der Waals surface area contributed by atoms with Crippen molar-refractivity contribution in [3.8, 4) is 6.07 Å². The van der Waals surface area contributed by atoms with E-state index in [4.69, 9.17) is 11.0 Å². The van der Waals surface area contributed by atoms with Gasteiger partial charge in [0.25, 0.3) is 0 Å². The number of carbonyl (C=O) groups excluding carboxylic acids is 1. The topological polar surface area (TPSA) is 78.9 Å². The third-order valence-electron chi connectivity index (χ3n) is 2.59. The standard InChI is InChI=1S/C12H9F6N3O/c13-11(14,15)5-21-9(10(20)22)6-1-2-7(4-19)8(3-6)12(16,17)18/h1-3,9,21H,5H2,(H2,20,22). The van der Waals surface area contributed by atoms with Crippen LogP contribution in [0.3, 0.4) is 0 Å². The molecule has 120 valence electrons. The normalized spacial score (nSPS) is 13.5. The third kappa shape index (κ3) is 4.63. The monoisotopic (exact) mass is 325 g/mol. The average molecular weight is 325 g/mol. The molecule has 10 heteroatoms. The molecule has 1 aromatic carbocycles. The van der Waals surface area contributed by atoms with E-state index in [9.17, 15) is 31.1 Å². The van der Waals surface area contributed by atoms with Gasteiger partial charge in [0.1, 0.15) is 6.04 Å². The lowest BCUT2D eigenvalue weighted by atomic mass is 9.99. The van der Waals surface area contributed by atoms with E-state index in [0.29, 0.717) is 6.07 Å². The molecule has 0 saturated heterocycles. The Morgan fingerprint density at radius 3 is 2.27 bits per heavy atom. The number of nitrogens with zero attached hydrogens (tertiary/aromatic N) is 1. The van der Waals surface area contributed by atoms with Crippen LogP contribution in [0.1, 0.15) is 22.7 Å².